The van der Waals surface area contributed by atoms with Crippen molar-refractivity contribution in [2.24, 2.45) is 0 Å². The molecule has 0 atom stereocenters. The van der Waals surface area contributed by atoms with Crippen LogP contribution < -0.4 is 5.56 Å². The molecule has 0 radical (unpaired) electrons. The van der Waals surface area contributed by atoms with Crippen LogP contribution in [0.3, 0.4) is 0 Å². The smallest absolute Gasteiger partial charge is 0.288 e. The van der Waals surface area contributed by atoms with Gasteiger partial charge in [0.1, 0.15) is 0 Å². The summed E-state index contributed by atoms with van der Waals surface area (Å²) in [6.07, 6.45) is 0. The maximum atomic E-state index is 11.6. The van der Waals surface area contributed by atoms with Crippen molar-refractivity contribution in [3.05, 3.63) is 39.8 Å². The lowest BCUT2D eigenvalue weighted by atomic mass is 10.3. The van der Waals surface area contributed by atoms with Crippen LogP contribution in [-0.4, -0.2) is 9.55 Å². The molecule has 0 aliphatic heterocycles. The van der Waals surface area contributed by atoms with Crippen molar-refractivity contribution in [2.45, 2.75) is 13.5 Å². The highest BCUT2D eigenvalue weighted by atomic mass is 35.5. The molecule has 0 aliphatic rings. The summed E-state index contributed by atoms with van der Waals surface area (Å²) in [5.41, 5.74) is 1.34. The van der Waals surface area contributed by atoms with Gasteiger partial charge in [0.15, 0.2) is 5.15 Å². The molecule has 14 heavy (non-hydrogen) atoms. The first-order valence-electron chi connectivity index (χ1n) is 4.39. The Bertz CT molecular complexity index is 533. The van der Waals surface area contributed by atoms with Gasteiger partial charge in [0.2, 0.25) is 0 Å². The number of fused-ring (bicyclic) bond motifs is 1. The third kappa shape index (κ3) is 1.30. The number of hydrogen-bond acceptors (Lipinski definition) is 2. The molecule has 1 aromatic heterocycles. The van der Waals surface area contributed by atoms with E-state index in [1.807, 2.05) is 31.2 Å². The Morgan fingerprint density at radius 3 is 2.86 bits per heavy atom. The molecule has 0 aliphatic carbocycles. The zero-order valence-electron chi connectivity index (χ0n) is 7.70. The maximum Gasteiger partial charge on any atom is 0.288 e. The van der Waals surface area contributed by atoms with Gasteiger partial charge >= 0.3 is 0 Å². The van der Waals surface area contributed by atoms with Crippen molar-refractivity contribution >= 4 is 22.6 Å². The van der Waals surface area contributed by atoms with E-state index in [1.165, 1.54) is 0 Å². The number of hydrogen-bond donors (Lipinski definition) is 0. The molecular formula is C10H9ClN2O. The maximum absolute atomic E-state index is 11.6. The molecule has 0 N–H and O–H groups in total. The summed E-state index contributed by atoms with van der Waals surface area (Å²) in [4.78, 5) is 15.6. The molecule has 4 heteroatoms. The second-order valence-corrected chi connectivity index (χ2v) is 3.30. The van der Waals surface area contributed by atoms with Gasteiger partial charge in [-0.05, 0) is 19.1 Å². The number of para-hydroxylation sites is 2. The normalized spacial score (nSPS) is 10.7. The fourth-order valence-corrected chi connectivity index (χ4v) is 1.67. The lowest BCUT2D eigenvalue weighted by molar-refractivity contribution is 0.753. The van der Waals surface area contributed by atoms with Gasteiger partial charge in [0, 0.05) is 6.54 Å². The molecule has 2 rings (SSSR count). The van der Waals surface area contributed by atoms with Gasteiger partial charge in [-0.25, -0.2) is 4.98 Å². The van der Waals surface area contributed by atoms with Crippen LogP contribution in [0.1, 0.15) is 6.92 Å². The van der Waals surface area contributed by atoms with Gasteiger partial charge in [-0.15, -0.1) is 0 Å². The number of aromatic nitrogens is 2. The number of rotatable bonds is 1. The fraction of sp³-hybridized carbons (Fsp3) is 0.200. The van der Waals surface area contributed by atoms with Crippen LogP contribution in [0.5, 0.6) is 0 Å². The minimum atomic E-state index is -0.229. The standard InChI is InChI=1S/C10H9ClN2O/c1-2-13-8-6-4-3-5-7(8)12-9(11)10(13)14/h3-6H,2H2,1H3. The molecule has 3 nitrogen and oxygen atoms in total. The summed E-state index contributed by atoms with van der Waals surface area (Å²) in [5, 5.41) is 0.0329. The van der Waals surface area contributed by atoms with E-state index in [9.17, 15) is 4.79 Å². The van der Waals surface area contributed by atoms with Crippen LogP contribution in [0.25, 0.3) is 11.0 Å². The predicted octanol–water partition coefficient (Wildman–Crippen LogP) is 2.07. The SMILES string of the molecule is CCn1c(=O)c(Cl)nc2ccccc21. The monoisotopic (exact) mass is 208 g/mol. The number of halogens is 1. The van der Waals surface area contributed by atoms with E-state index < -0.39 is 0 Å². The highest BCUT2D eigenvalue weighted by molar-refractivity contribution is 6.29. The van der Waals surface area contributed by atoms with E-state index in [0.29, 0.717) is 6.54 Å². The number of benzene rings is 1. The van der Waals surface area contributed by atoms with Crippen molar-refractivity contribution in [3.8, 4) is 0 Å². The molecular weight excluding hydrogens is 200 g/mol. The Morgan fingerprint density at radius 1 is 1.43 bits per heavy atom. The molecule has 1 heterocycles. The van der Waals surface area contributed by atoms with Crippen LogP contribution >= 0.6 is 11.6 Å². The van der Waals surface area contributed by atoms with Crippen molar-refractivity contribution in [2.75, 3.05) is 0 Å². The molecule has 0 fully saturated rings. The van der Waals surface area contributed by atoms with Crippen LogP contribution in [-0.2, 0) is 6.54 Å². The first kappa shape index (κ1) is 9.21. The van der Waals surface area contributed by atoms with Crippen LogP contribution in [0.4, 0.5) is 0 Å². The molecule has 0 amide bonds. The lowest BCUT2D eigenvalue weighted by Crippen LogP contribution is -2.21. The molecule has 2 aromatic rings. The summed E-state index contributed by atoms with van der Waals surface area (Å²) >= 11 is 5.73. The lowest BCUT2D eigenvalue weighted by Gasteiger charge is -2.06. The van der Waals surface area contributed by atoms with Crippen LogP contribution in [0.2, 0.25) is 5.15 Å². The van der Waals surface area contributed by atoms with E-state index in [1.54, 1.807) is 4.57 Å². The fourth-order valence-electron chi connectivity index (χ4n) is 1.48. The van der Waals surface area contributed by atoms with Gasteiger partial charge in [0.25, 0.3) is 5.56 Å². The molecule has 1 aromatic carbocycles. The van der Waals surface area contributed by atoms with Gasteiger partial charge in [-0.3, -0.25) is 4.79 Å². The van der Waals surface area contributed by atoms with Gasteiger partial charge in [0.05, 0.1) is 11.0 Å². The molecule has 0 saturated heterocycles. The minimum Gasteiger partial charge on any atom is -0.304 e. The minimum absolute atomic E-state index is 0.0329. The molecule has 0 bridgehead atoms. The molecule has 0 spiro atoms. The van der Waals surface area contributed by atoms with E-state index in [4.69, 9.17) is 11.6 Å². The highest BCUT2D eigenvalue weighted by Crippen LogP contribution is 2.11. The van der Waals surface area contributed by atoms with Gasteiger partial charge in [-0.2, -0.15) is 0 Å². The third-order valence-electron chi connectivity index (χ3n) is 2.13. The number of aryl methyl sites for hydroxylation is 1. The summed E-state index contributed by atoms with van der Waals surface area (Å²) in [7, 11) is 0. The molecule has 0 unspecified atom stereocenters. The summed E-state index contributed by atoms with van der Waals surface area (Å²) in [6, 6.07) is 7.45. The average molecular weight is 209 g/mol. The second kappa shape index (κ2) is 3.42. The zero-order valence-corrected chi connectivity index (χ0v) is 8.45. The predicted molar refractivity (Wildman–Crippen MR) is 56.7 cm³/mol. The first-order valence-corrected chi connectivity index (χ1v) is 4.77. The van der Waals surface area contributed by atoms with E-state index >= 15 is 0 Å². The second-order valence-electron chi connectivity index (χ2n) is 2.94. The van der Waals surface area contributed by atoms with E-state index in [-0.39, 0.29) is 10.7 Å². The van der Waals surface area contributed by atoms with E-state index in [2.05, 4.69) is 4.98 Å². The summed E-state index contributed by atoms with van der Waals surface area (Å²) in [6.45, 7) is 2.51. The highest BCUT2D eigenvalue weighted by Gasteiger charge is 2.06. The Morgan fingerprint density at radius 2 is 2.14 bits per heavy atom. The van der Waals surface area contributed by atoms with Crippen molar-refractivity contribution in [1.82, 2.24) is 9.55 Å². The number of nitrogens with zero attached hydrogens (tertiary/aromatic N) is 2. The van der Waals surface area contributed by atoms with Gasteiger partial charge in [-0.1, -0.05) is 23.7 Å². The van der Waals surface area contributed by atoms with Crippen molar-refractivity contribution in [1.29, 1.82) is 0 Å². The summed E-state index contributed by atoms with van der Waals surface area (Å²) < 4.78 is 1.62. The van der Waals surface area contributed by atoms with Crippen LogP contribution in [0, 0.1) is 0 Å². The largest absolute Gasteiger partial charge is 0.304 e. The topological polar surface area (TPSA) is 34.9 Å². The average Bonchev–Trinajstić information content (AvgIpc) is 2.20. The Labute approximate surface area is 86.0 Å². The Hall–Kier alpha value is -1.35. The van der Waals surface area contributed by atoms with Crippen LogP contribution in [0.15, 0.2) is 29.1 Å². The first-order chi connectivity index (χ1) is 6.74. The third-order valence-corrected chi connectivity index (χ3v) is 2.38. The van der Waals surface area contributed by atoms with Crippen molar-refractivity contribution in [3.63, 3.8) is 0 Å². The molecule has 72 valence electrons. The zero-order chi connectivity index (χ0) is 10.1. The quantitative estimate of drug-likeness (QED) is 0.719. The summed E-state index contributed by atoms with van der Waals surface area (Å²) in [5.74, 6) is 0. The Kier molecular flexibility index (Phi) is 2.25. The molecule has 0 saturated carbocycles. The van der Waals surface area contributed by atoms with E-state index in [0.717, 1.165) is 11.0 Å². The van der Waals surface area contributed by atoms with Crippen molar-refractivity contribution < 1.29 is 0 Å². The Balaban J connectivity index is 2.96. The van der Waals surface area contributed by atoms with Gasteiger partial charge < -0.3 is 4.57 Å².